The molecule has 0 spiro atoms. The quantitative estimate of drug-likeness (QED) is 0.512. The monoisotopic (exact) mass is 376 g/mol. The van der Waals surface area contributed by atoms with E-state index >= 15 is 0 Å². The van der Waals surface area contributed by atoms with E-state index in [1.165, 1.54) is 22.5 Å². The van der Waals surface area contributed by atoms with Crippen molar-refractivity contribution in [1.29, 1.82) is 0 Å². The number of thiophene rings is 1. The Labute approximate surface area is 162 Å². The minimum atomic E-state index is -0.199. The van der Waals surface area contributed by atoms with Gasteiger partial charge in [0.2, 0.25) is 0 Å². The maximum Gasteiger partial charge on any atom is 0.281 e. The maximum absolute atomic E-state index is 12.6. The van der Waals surface area contributed by atoms with E-state index in [1.54, 1.807) is 0 Å². The Morgan fingerprint density at radius 1 is 1.07 bits per heavy atom. The highest BCUT2D eigenvalue weighted by Crippen LogP contribution is 2.42. The SMILES string of the molecule is C/C(=N\NC(=O)c1cc2c(s1)-c1cc(C)ccc1OC2)c1ccc(C)cc1. The lowest BCUT2D eigenvalue weighted by Gasteiger charge is -2.17. The predicted octanol–water partition coefficient (Wildman–Crippen LogP) is 5.08. The van der Waals surface area contributed by atoms with Crippen molar-refractivity contribution >= 4 is 23.0 Å². The van der Waals surface area contributed by atoms with E-state index in [9.17, 15) is 4.79 Å². The van der Waals surface area contributed by atoms with Crippen molar-refractivity contribution in [2.24, 2.45) is 5.10 Å². The zero-order valence-electron chi connectivity index (χ0n) is 15.5. The molecule has 3 aromatic rings. The van der Waals surface area contributed by atoms with E-state index in [2.05, 4.69) is 23.5 Å². The first kappa shape index (κ1) is 17.5. The molecular formula is C22H20N2O2S. The number of hydrogen-bond acceptors (Lipinski definition) is 4. The molecule has 0 saturated carbocycles. The van der Waals surface area contributed by atoms with Gasteiger partial charge in [0.05, 0.1) is 10.6 Å². The van der Waals surface area contributed by atoms with Crippen LogP contribution in [0.3, 0.4) is 0 Å². The van der Waals surface area contributed by atoms with Crippen molar-refractivity contribution in [2.75, 3.05) is 0 Å². The molecule has 1 aliphatic heterocycles. The third kappa shape index (κ3) is 3.51. The number of ether oxygens (including phenoxy) is 1. The minimum Gasteiger partial charge on any atom is -0.488 e. The number of hydrazone groups is 1. The van der Waals surface area contributed by atoms with Crippen molar-refractivity contribution in [1.82, 2.24) is 5.43 Å². The van der Waals surface area contributed by atoms with Crippen LogP contribution in [0.4, 0.5) is 0 Å². The molecule has 136 valence electrons. The summed E-state index contributed by atoms with van der Waals surface area (Å²) in [5.41, 5.74) is 8.90. The second kappa shape index (κ2) is 7.00. The smallest absolute Gasteiger partial charge is 0.281 e. The molecule has 0 unspecified atom stereocenters. The average Bonchev–Trinajstić information content (AvgIpc) is 3.11. The van der Waals surface area contributed by atoms with Gasteiger partial charge in [0.15, 0.2) is 0 Å². The van der Waals surface area contributed by atoms with Crippen LogP contribution < -0.4 is 10.2 Å². The molecule has 5 heteroatoms. The van der Waals surface area contributed by atoms with Crippen LogP contribution in [0.1, 0.15) is 38.8 Å². The zero-order chi connectivity index (χ0) is 19.0. The van der Waals surface area contributed by atoms with E-state index < -0.39 is 0 Å². The zero-order valence-corrected chi connectivity index (χ0v) is 16.3. The Morgan fingerprint density at radius 3 is 2.59 bits per heavy atom. The van der Waals surface area contributed by atoms with Crippen LogP contribution in [0.2, 0.25) is 0 Å². The topological polar surface area (TPSA) is 50.7 Å². The number of carbonyl (C=O) groups is 1. The lowest BCUT2D eigenvalue weighted by Crippen LogP contribution is -2.18. The summed E-state index contributed by atoms with van der Waals surface area (Å²) in [5, 5.41) is 4.26. The van der Waals surface area contributed by atoms with E-state index in [0.717, 1.165) is 33.0 Å². The Kier molecular flexibility index (Phi) is 4.54. The molecule has 0 aliphatic carbocycles. The first-order valence-electron chi connectivity index (χ1n) is 8.79. The third-order valence-corrected chi connectivity index (χ3v) is 5.80. The number of hydrogen-bond donors (Lipinski definition) is 1. The molecule has 1 N–H and O–H groups in total. The van der Waals surface area contributed by atoms with E-state index in [0.29, 0.717) is 11.5 Å². The molecule has 2 heterocycles. The van der Waals surface area contributed by atoms with Crippen molar-refractivity contribution in [3.8, 4) is 16.2 Å². The summed E-state index contributed by atoms with van der Waals surface area (Å²) in [6.07, 6.45) is 0. The highest BCUT2D eigenvalue weighted by atomic mass is 32.1. The highest BCUT2D eigenvalue weighted by Gasteiger charge is 2.22. The number of aryl methyl sites for hydroxylation is 2. The third-order valence-electron chi connectivity index (χ3n) is 4.59. The van der Waals surface area contributed by atoms with Gasteiger partial charge in [0.25, 0.3) is 5.91 Å². The van der Waals surface area contributed by atoms with Gasteiger partial charge in [-0.1, -0.05) is 41.5 Å². The first-order valence-corrected chi connectivity index (χ1v) is 9.61. The maximum atomic E-state index is 12.6. The van der Waals surface area contributed by atoms with E-state index in [-0.39, 0.29) is 5.91 Å². The standard InChI is InChI=1S/C22H20N2O2S/c1-13-4-7-16(8-5-13)15(3)23-24-22(25)20-11-17-12-26-19-9-6-14(2)10-18(19)21(17)27-20/h4-11H,12H2,1-3H3,(H,24,25)/b23-15+. The lowest BCUT2D eigenvalue weighted by molar-refractivity contribution is 0.0959. The molecule has 0 bridgehead atoms. The van der Waals surface area contributed by atoms with Crippen LogP contribution in [0.15, 0.2) is 53.6 Å². The molecular weight excluding hydrogens is 356 g/mol. The summed E-state index contributed by atoms with van der Waals surface area (Å²) >= 11 is 1.48. The van der Waals surface area contributed by atoms with Gasteiger partial charge in [0.1, 0.15) is 12.4 Å². The molecule has 1 aliphatic rings. The molecule has 0 saturated heterocycles. The number of carbonyl (C=O) groups excluding carboxylic acids is 1. The largest absolute Gasteiger partial charge is 0.488 e. The van der Waals surface area contributed by atoms with Gasteiger partial charge in [-0.3, -0.25) is 4.79 Å². The molecule has 0 radical (unpaired) electrons. The van der Waals surface area contributed by atoms with Crippen LogP contribution in [0, 0.1) is 13.8 Å². The second-order valence-electron chi connectivity index (χ2n) is 6.76. The average molecular weight is 376 g/mol. The van der Waals surface area contributed by atoms with Crippen molar-refractivity contribution in [2.45, 2.75) is 27.4 Å². The summed E-state index contributed by atoms with van der Waals surface area (Å²) in [6.45, 7) is 6.47. The minimum absolute atomic E-state index is 0.199. The van der Waals surface area contributed by atoms with Gasteiger partial charge in [-0.05, 0) is 44.5 Å². The predicted molar refractivity (Wildman–Crippen MR) is 110 cm³/mol. The van der Waals surface area contributed by atoms with Crippen molar-refractivity contribution < 1.29 is 9.53 Å². The van der Waals surface area contributed by atoms with Gasteiger partial charge >= 0.3 is 0 Å². The fourth-order valence-electron chi connectivity index (χ4n) is 3.03. The fraction of sp³-hybridized carbons (Fsp3) is 0.182. The molecule has 4 nitrogen and oxygen atoms in total. The molecule has 27 heavy (non-hydrogen) atoms. The normalized spacial score (nSPS) is 12.8. The van der Waals surface area contributed by atoms with Crippen LogP contribution in [0.25, 0.3) is 10.4 Å². The number of nitrogens with one attached hydrogen (secondary N) is 1. The number of rotatable bonds is 3. The molecule has 4 rings (SSSR count). The van der Waals surface area contributed by atoms with Gasteiger partial charge in [-0.25, -0.2) is 5.43 Å². The van der Waals surface area contributed by atoms with Gasteiger partial charge in [-0.15, -0.1) is 11.3 Å². The number of nitrogens with zero attached hydrogens (tertiary/aromatic N) is 1. The lowest BCUT2D eigenvalue weighted by atomic mass is 10.0. The molecule has 0 atom stereocenters. The van der Waals surface area contributed by atoms with E-state index in [4.69, 9.17) is 4.74 Å². The molecule has 1 amide bonds. The highest BCUT2D eigenvalue weighted by molar-refractivity contribution is 7.17. The van der Waals surface area contributed by atoms with Crippen LogP contribution in [-0.2, 0) is 6.61 Å². The van der Waals surface area contributed by atoms with Gasteiger partial charge < -0.3 is 4.74 Å². The van der Waals surface area contributed by atoms with Crippen LogP contribution in [-0.4, -0.2) is 11.6 Å². The Balaban J connectivity index is 1.56. The molecule has 1 aromatic heterocycles. The number of benzene rings is 2. The van der Waals surface area contributed by atoms with Gasteiger partial charge in [-0.2, -0.15) is 5.10 Å². The number of amides is 1. The van der Waals surface area contributed by atoms with Crippen LogP contribution >= 0.6 is 11.3 Å². The Bertz CT molecular complexity index is 1050. The van der Waals surface area contributed by atoms with Crippen LogP contribution in [0.5, 0.6) is 5.75 Å². The number of fused-ring (bicyclic) bond motifs is 3. The Hall–Kier alpha value is -2.92. The van der Waals surface area contributed by atoms with Crippen molar-refractivity contribution in [3.63, 3.8) is 0 Å². The summed E-state index contributed by atoms with van der Waals surface area (Å²) in [4.78, 5) is 14.3. The first-order chi connectivity index (χ1) is 13.0. The van der Waals surface area contributed by atoms with E-state index in [1.807, 2.05) is 56.3 Å². The van der Waals surface area contributed by atoms with Gasteiger partial charge in [0, 0.05) is 16.0 Å². The summed E-state index contributed by atoms with van der Waals surface area (Å²) in [5.74, 6) is 0.671. The summed E-state index contributed by atoms with van der Waals surface area (Å²) in [6, 6.07) is 16.1. The Morgan fingerprint density at radius 2 is 1.81 bits per heavy atom. The second-order valence-corrected chi connectivity index (χ2v) is 7.81. The summed E-state index contributed by atoms with van der Waals surface area (Å²) < 4.78 is 5.81. The fourth-order valence-corrected chi connectivity index (χ4v) is 4.11. The molecule has 0 fully saturated rings. The molecule has 2 aromatic carbocycles. The van der Waals surface area contributed by atoms with Crippen molar-refractivity contribution in [3.05, 3.63) is 75.7 Å². The summed E-state index contributed by atoms with van der Waals surface area (Å²) in [7, 11) is 0.